The fraction of sp³-hybridized carbons (Fsp3) is 0.278. The Kier molecular flexibility index (Phi) is 3.65. The first-order valence-electron chi connectivity index (χ1n) is 8.14. The van der Waals surface area contributed by atoms with E-state index in [9.17, 15) is 9.90 Å². The van der Waals surface area contributed by atoms with Crippen LogP contribution in [0.2, 0.25) is 0 Å². The summed E-state index contributed by atoms with van der Waals surface area (Å²) in [6.45, 7) is 0.251. The summed E-state index contributed by atoms with van der Waals surface area (Å²) < 4.78 is 1.83. The molecule has 0 fully saturated rings. The van der Waals surface area contributed by atoms with E-state index in [-0.39, 0.29) is 18.2 Å². The molecule has 6 heteroatoms. The van der Waals surface area contributed by atoms with E-state index >= 15 is 0 Å². The van der Waals surface area contributed by atoms with E-state index in [0.717, 1.165) is 42.5 Å². The third kappa shape index (κ3) is 2.60. The van der Waals surface area contributed by atoms with Crippen molar-refractivity contribution in [3.8, 4) is 5.75 Å². The van der Waals surface area contributed by atoms with E-state index in [0.29, 0.717) is 11.4 Å². The number of aromatic nitrogens is 3. The van der Waals surface area contributed by atoms with Gasteiger partial charge in [0.1, 0.15) is 5.75 Å². The first-order chi connectivity index (χ1) is 11.7. The molecule has 6 nitrogen and oxygen atoms in total. The molecule has 1 aromatic carbocycles. The molecule has 24 heavy (non-hydrogen) atoms. The second-order valence-corrected chi connectivity index (χ2v) is 6.07. The Labute approximate surface area is 139 Å². The summed E-state index contributed by atoms with van der Waals surface area (Å²) in [5.74, 6) is 0.393. The van der Waals surface area contributed by atoms with E-state index in [4.69, 9.17) is 0 Å². The molecule has 0 radical (unpaired) electrons. The zero-order valence-corrected chi connectivity index (χ0v) is 13.2. The van der Waals surface area contributed by atoms with Crippen molar-refractivity contribution in [2.75, 3.05) is 0 Å². The molecule has 0 bridgehead atoms. The highest BCUT2D eigenvalue weighted by Crippen LogP contribution is 2.28. The van der Waals surface area contributed by atoms with Gasteiger partial charge in [-0.05, 0) is 61.1 Å². The van der Waals surface area contributed by atoms with Gasteiger partial charge in [-0.15, -0.1) is 10.2 Å². The van der Waals surface area contributed by atoms with Crippen LogP contribution in [0.1, 0.15) is 40.2 Å². The van der Waals surface area contributed by atoms with Gasteiger partial charge in [0.25, 0.3) is 5.91 Å². The lowest BCUT2D eigenvalue weighted by Gasteiger charge is -2.17. The minimum Gasteiger partial charge on any atom is -0.507 e. The van der Waals surface area contributed by atoms with E-state index in [1.807, 2.05) is 34.9 Å². The Morgan fingerprint density at radius 3 is 2.79 bits per heavy atom. The van der Waals surface area contributed by atoms with Crippen LogP contribution in [-0.2, 0) is 19.4 Å². The highest BCUT2D eigenvalue weighted by molar-refractivity contribution is 5.97. The van der Waals surface area contributed by atoms with E-state index in [1.165, 1.54) is 0 Å². The number of benzene rings is 1. The van der Waals surface area contributed by atoms with Gasteiger partial charge in [-0.3, -0.25) is 9.20 Å². The molecule has 0 saturated carbocycles. The number of phenols is 1. The molecule has 122 valence electrons. The number of hydrogen-bond acceptors (Lipinski definition) is 4. The standard InChI is InChI=1S/C18H18N4O2/c23-15-10-13-6-2-1-5-12(13)9-14(15)18(24)19-11-17-21-20-16-7-3-4-8-22(16)17/h3-4,7-10,23H,1-2,5-6,11H2,(H,19,24). The van der Waals surface area contributed by atoms with Gasteiger partial charge in [0, 0.05) is 6.20 Å². The number of aromatic hydroxyl groups is 1. The lowest BCUT2D eigenvalue weighted by molar-refractivity contribution is 0.0947. The first-order valence-corrected chi connectivity index (χ1v) is 8.14. The van der Waals surface area contributed by atoms with E-state index in [1.54, 1.807) is 6.07 Å². The summed E-state index contributed by atoms with van der Waals surface area (Å²) in [4.78, 5) is 12.5. The van der Waals surface area contributed by atoms with Gasteiger partial charge in [-0.2, -0.15) is 0 Å². The Balaban J connectivity index is 1.54. The van der Waals surface area contributed by atoms with E-state index < -0.39 is 0 Å². The summed E-state index contributed by atoms with van der Waals surface area (Å²) in [7, 11) is 0. The molecule has 1 aliphatic rings. The Morgan fingerprint density at radius 2 is 1.96 bits per heavy atom. The zero-order chi connectivity index (χ0) is 16.5. The molecule has 2 heterocycles. The Hall–Kier alpha value is -2.89. The van der Waals surface area contributed by atoms with Gasteiger partial charge in [0.05, 0.1) is 12.1 Å². The molecule has 3 aromatic rings. The molecule has 2 N–H and O–H groups in total. The van der Waals surface area contributed by atoms with Gasteiger partial charge >= 0.3 is 0 Å². The monoisotopic (exact) mass is 322 g/mol. The summed E-state index contributed by atoms with van der Waals surface area (Å²) >= 11 is 0. The molecule has 4 rings (SSSR count). The molecule has 0 atom stereocenters. The summed E-state index contributed by atoms with van der Waals surface area (Å²) in [5, 5.41) is 21.1. The number of carbonyl (C=O) groups excluding carboxylic acids is 1. The number of rotatable bonds is 3. The van der Waals surface area contributed by atoms with Crippen LogP contribution in [0.15, 0.2) is 36.5 Å². The number of nitrogens with one attached hydrogen (secondary N) is 1. The maximum Gasteiger partial charge on any atom is 0.255 e. The Morgan fingerprint density at radius 1 is 1.17 bits per heavy atom. The number of nitrogens with zero attached hydrogens (tertiary/aromatic N) is 3. The molecular formula is C18H18N4O2. The van der Waals surface area contributed by atoms with Crippen molar-refractivity contribution in [1.82, 2.24) is 19.9 Å². The van der Waals surface area contributed by atoms with Crippen LogP contribution in [0.5, 0.6) is 5.75 Å². The minimum atomic E-state index is -0.298. The molecule has 1 aliphatic carbocycles. The maximum atomic E-state index is 12.5. The van der Waals surface area contributed by atoms with Gasteiger partial charge in [0.15, 0.2) is 11.5 Å². The van der Waals surface area contributed by atoms with Crippen LogP contribution >= 0.6 is 0 Å². The number of phenolic OH excluding ortho intramolecular Hbond substituents is 1. The molecule has 0 saturated heterocycles. The zero-order valence-electron chi connectivity index (χ0n) is 13.2. The van der Waals surface area contributed by atoms with Crippen LogP contribution < -0.4 is 5.32 Å². The van der Waals surface area contributed by atoms with Crippen molar-refractivity contribution >= 4 is 11.6 Å². The van der Waals surface area contributed by atoms with Crippen molar-refractivity contribution in [2.45, 2.75) is 32.2 Å². The van der Waals surface area contributed by atoms with Crippen LogP contribution in [0.3, 0.4) is 0 Å². The lowest BCUT2D eigenvalue weighted by atomic mass is 9.90. The van der Waals surface area contributed by atoms with Gasteiger partial charge in [0.2, 0.25) is 0 Å². The number of amides is 1. The third-order valence-electron chi connectivity index (χ3n) is 4.50. The fourth-order valence-electron chi connectivity index (χ4n) is 3.22. The summed E-state index contributed by atoms with van der Waals surface area (Å²) in [6, 6.07) is 9.18. The second kappa shape index (κ2) is 5.96. The SMILES string of the molecule is O=C(NCc1nnc2ccccn12)c1cc2c(cc1O)CCCC2. The van der Waals surface area contributed by atoms with Gasteiger partial charge in [-0.1, -0.05) is 6.07 Å². The van der Waals surface area contributed by atoms with Crippen LogP contribution in [0.25, 0.3) is 5.65 Å². The average molecular weight is 322 g/mol. The molecule has 2 aromatic heterocycles. The normalized spacial score (nSPS) is 13.7. The molecule has 0 aliphatic heterocycles. The number of hydrogen-bond donors (Lipinski definition) is 2. The highest BCUT2D eigenvalue weighted by Gasteiger charge is 2.18. The first kappa shape index (κ1) is 14.7. The van der Waals surface area contributed by atoms with Gasteiger partial charge < -0.3 is 10.4 Å². The average Bonchev–Trinajstić information content (AvgIpc) is 3.02. The molecule has 0 unspecified atom stereocenters. The van der Waals surface area contributed by atoms with Crippen molar-refractivity contribution in [3.05, 3.63) is 59.0 Å². The van der Waals surface area contributed by atoms with Crippen LogP contribution in [-0.4, -0.2) is 25.6 Å². The Bertz CT molecular complexity index is 917. The van der Waals surface area contributed by atoms with E-state index in [2.05, 4.69) is 15.5 Å². The number of aryl methyl sites for hydroxylation is 2. The number of pyridine rings is 1. The predicted molar refractivity (Wildman–Crippen MR) is 88.9 cm³/mol. The van der Waals surface area contributed by atoms with Crippen LogP contribution in [0, 0.1) is 0 Å². The van der Waals surface area contributed by atoms with Crippen LogP contribution in [0.4, 0.5) is 0 Å². The highest BCUT2D eigenvalue weighted by atomic mass is 16.3. The second-order valence-electron chi connectivity index (χ2n) is 6.07. The predicted octanol–water partition coefficient (Wildman–Crippen LogP) is 2.24. The third-order valence-corrected chi connectivity index (χ3v) is 4.50. The largest absolute Gasteiger partial charge is 0.507 e. The minimum absolute atomic E-state index is 0.0410. The fourth-order valence-corrected chi connectivity index (χ4v) is 3.22. The molecule has 1 amide bonds. The quantitative estimate of drug-likeness (QED) is 0.775. The topological polar surface area (TPSA) is 79.5 Å². The van der Waals surface area contributed by atoms with Gasteiger partial charge in [-0.25, -0.2) is 0 Å². The van der Waals surface area contributed by atoms with Crippen molar-refractivity contribution in [1.29, 1.82) is 0 Å². The lowest BCUT2D eigenvalue weighted by Crippen LogP contribution is -2.24. The molecule has 0 spiro atoms. The molecular weight excluding hydrogens is 304 g/mol. The maximum absolute atomic E-state index is 12.5. The number of fused-ring (bicyclic) bond motifs is 2. The smallest absolute Gasteiger partial charge is 0.255 e. The van der Waals surface area contributed by atoms with Crippen molar-refractivity contribution in [3.63, 3.8) is 0 Å². The number of carbonyl (C=O) groups is 1. The van der Waals surface area contributed by atoms with Crippen molar-refractivity contribution < 1.29 is 9.90 Å². The summed E-state index contributed by atoms with van der Waals surface area (Å²) in [6.07, 6.45) is 6.05. The summed E-state index contributed by atoms with van der Waals surface area (Å²) in [5.41, 5.74) is 3.37. The van der Waals surface area contributed by atoms with Crippen molar-refractivity contribution in [2.24, 2.45) is 0 Å².